The number of guanidine groups is 1. The van der Waals surface area contributed by atoms with E-state index in [-0.39, 0.29) is 5.96 Å². The third-order valence-corrected chi connectivity index (χ3v) is 3.20. The van der Waals surface area contributed by atoms with E-state index >= 15 is 0 Å². The Morgan fingerprint density at radius 3 is 2.63 bits per heavy atom. The van der Waals surface area contributed by atoms with Crippen molar-refractivity contribution in [2.75, 3.05) is 0 Å². The first-order chi connectivity index (χ1) is 9.24. The van der Waals surface area contributed by atoms with E-state index < -0.39 is 0 Å². The molecule has 4 heteroatoms. The molecule has 4 N–H and O–H groups in total. The van der Waals surface area contributed by atoms with Gasteiger partial charge in [-0.25, -0.2) is 0 Å². The Morgan fingerprint density at radius 2 is 1.79 bits per heavy atom. The molecular formula is C15H14N4. The molecule has 0 unspecified atom stereocenters. The first-order valence-corrected chi connectivity index (χ1v) is 6.07. The standard InChI is InChI=1S/C15H14N4/c16-15(17)19-18-9-10-5-6-14-12(7-10)8-11-3-1-2-4-13(11)14/h1-7,9H,8H2,(H4,16,17,19)/b18-9+. The Bertz CT molecular complexity index is 682. The average molecular weight is 250 g/mol. The highest BCUT2D eigenvalue weighted by molar-refractivity contribution is 5.85. The Morgan fingerprint density at radius 1 is 1.00 bits per heavy atom. The van der Waals surface area contributed by atoms with Crippen LogP contribution in [0.3, 0.4) is 0 Å². The molecule has 1 aliphatic rings. The number of hydrogen-bond donors (Lipinski definition) is 2. The molecule has 1 aliphatic carbocycles. The molecule has 0 fully saturated rings. The van der Waals surface area contributed by atoms with E-state index in [1.165, 1.54) is 22.3 Å². The molecule has 3 rings (SSSR count). The predicted octanol–water partition coefficient (Wildman–Crippen LogP) is 1.87. The number of nitrogens with two attached hydrogens (primary N) is 2. The number of benzene rings is 2. The number of fused-ring (bicyclic) bond motifs is 3. The topological polar surface area (TPSA) is 76.8 Å². The van der Waals surface area contributed by atoms with Gasteiger partial charge in [-0.1, -0.05) is 36.4 Å². The van der Waals surface area contributed by atoms with Crippen LogP contribution in [0.25, 0.3) is 11.1 Å². The molecule has 0 bridgehead atoms. The molecule has 0 atom stereocenters. The van der Waals surface area contributed by atoms with Gasteiger partial charge in [-0.15, -0.1) is 5.10 Å². The lowest BCUT2D eigenvalue weighted by Gasteiger charge is -2.01. The van der Waals surface area contributed by atoms with Gasteiger partial charge >= 0.3 is 0 Å². The van der Waals surface area contributed by atoms with Crippen LogP contribution < -0.4 is 11.5 Å². The van der Waals surface area contributed by atoms with E-state index in [2.05, 4.69) is 46.6 Å². The van der Waals surface area contributed by atoms with Gasteiger partial charge in [0.1, 0.15) is 0 Å². The summed E-state index contributed by atoms with van der Waals surface area (Å²) in [6, 6.07) is 14.7. The second kappa shape index (κ2) is 4.57. The lowest BCUT2D eigenvalue weighted by molar-refractivity contribution is 1.21. The van der Waals surface area contributed by atoms with Gasteiger partial charge in [0.2, 0.25) is 5.96 Å². The molecule has 0 aromatic heterocycles. The van der Waals surface area contributed by atoms with E-state index in [9.17, 15) is 0 Å². The Labute approximate surface area is 111 Å². The van der Waals surface area contributed by atoms with Crippen LogP contribution in [-0.4, -0.2) is 12.2 Å². The summed E-state index contributed by atoms with van der Waals surface area (Å²) in [7, 11) is 0. The smallest absolute Gasteiger partial charge is 0.211 e. The average Bonchev–Trinajstić information content (AvgIpc) is 2.76. The van der Waals surface area contributed by atoms with Crippen LogP contribution in [0.2, 0.25) is 0 Å². The molecule has 2 aromatic carbocycles. The molecule has 4 nitrogen and oxygen atoms in total. The van der Waals surface area contributed by atoms with Gasteiger partial charge in [-0.2, -0.15) is 5.10 Å². The van der Waals surface area contributed by atoms with E-state index in [1.54, 1.807) is 6.21 Å². The fraction of sp³-hybridized carbons (Fsp3) is 0.0667. The maximum Gasteiger partial charge on any atom is 0.211 e. The summed E-state index contributed by atoms with van der Waals surface area (Å²) in [5.74, 6) is -0.0372. The van der Waals surface area contributed by atoms with Crippen LogP contribution in [0.4, 0.5) is 0 Å². The van der Waals surface area contributed by atoms with Crippen molar-refractivity contribution in [2.24, 2.45) is 21.7 Å². The highest BCUT2D eigenvalue weighted by atomic mass is 15.3. The van der Waals surface area contributed by atoms with Gasteiger partial charge in [0.05, 0.1) is 6.21 Å². The fourth-order valence-electron chi connectivity index (χ4n) is 2.41. The quantitative estimate of drug-likeness (QED) is 0.414. The zero-order valence-corrected chi connectivity index (χ0v) is 10.4. The molecule has 94 valence electrons. The third kappa shape index (κ3) is 2.20. The molecule has 2 aromatic rings. The Kier molecular flexibility index (Phi) is 2.76. The largest absolute Gasteiger partial charge is 0.369 e. The van der Waals surface area contributed by atoms with E-state index in [0.717, 1.165) is 12.0 Å². The Hall–Kier alpha value is -2.62. The minimum absolute atomic E-state index is 0.0372. The highest BCUT2D eigenvalue weighted by Gasteiger charge is 2.17. The molecule has 0 saturated carbocycles. The molecule has 0 amide bonds. The van der Waals surface area contributed by atoms with Crippen molar-refractivity contribution in [3.8, 4) is 11.1 Å². The normalized spacial score (nSPS) is 12.2. The van der Waals surface area contributed by atoms with Crippen LogP contribution in [-0.2, 0) is 6.42 Å². The first-order valence-electron chi connectivity index (χ1n) is 6.07. The summed E-state index contributed by atoms with van der Waals surface area (Å²) >= 11 is 0. The second-order valence-electron chi connectivity index (χ2n) is 4.52. The third-order valence-electron chi connectivity index (χ3n) is 3.20. The maximum absolute atomic E-state index is 5.22. The van der Waals surface area contributed by atoms with Crippen molar-refractivity contribution < 1.29 is 0 Å². The van der Waals surface area contributed by atoms with Crippen molar-refractivity contribution in [3.63, 3.8) is 0 Å². The summed E-state index contributed by atoms with van der Waals surface area (Å²) in [6.07, 6.45) is 2.62. The van der Waals surface area contributed by atoms with Crippen LogP contribution in [0.15, 0.2) is 52.7 Å². The van der Waals surface area contributed by atoms with E-state index in [1.807, 2.05) is 6.07 Å². The highest BCUT2D eigenvalue weighted by Crippen LogP contribution is 2.36. The van der Waals surface area contributed by atoms with Gasteiger partial charge in [-0.05, 0) is 40.3 Å². The van der Waals surface area contributed by atoms with Gasteiger partial charge in [0.15, 0.2) is 0 Å². The zero-order chi connectivity index (χ0) is 13.2. The van der Waals surface area contributed by atoms with Crippen LogP contribution in [0.5, 0.6) is 0 Å². The lowest BCUT2D eigenvalue weighted by atomic mass is 10.0. The number of rotatable bonds is 2. The van der Waals surface area contributed by atoms with Crippen molar-refractivity contribution in [1.82, 2.24) is 0 Å². The molecule has 0 heterocycles. The van der Waals surface area contributed by atoms with Gasteiger partial charge in [-0.3, -0.25) is 0 Å². The number of nitrogens with zero attached hydrogens (tertiary/aromatic N) is 2. The minimum Gasteiger partial charge on any atom is -0.369 e. The summed E-state index contributed by atoms with van der Waals surface area (Å²) in [6.45, 7) is 0. The second-order valence-corrected chi connectivity index (χ2v) is 4.52. The lowest BCUT2D eigenvalue weighted by Crippen LogP contribution is -2.21. The SMILES string of the molecule is NC(N)=N/N=C/c1ccc2c(c1)Cc1ccccc1-2. The van der Waals surface area contributed by atoms with Gasteiger partial charge in [0, 0.05) is 0 Å². The Balaban J connectivity index is 1.94. The molecule has 0 spiro atoms. The van der Waals surface area contributed by atoms with Crippen molar-refractivity contribution >= 4 is 12.2 Å². The molecule has 0 aliphatic heterocycles. The first kappa shape index (κ1) is 11.5. The van der Waals surface area contributed by atoms with Gasteiger partial charge < -0.3 is 11.5 Å². The van der Waals surface area contributed by atoms with Crippen molar-refractivity contribution in [1.29, 1.82) is 0 Å². The van der Waals surface area contributed by atoms with Crippen molar-refractivity contribution in [3.05, 3.63) is 59.2 Å². The van der Waals surface area contributed by atoms with Crippen molar-refractivity contribution in [2.45, 2.75) is 6.42 Å². The predicted molar refractivity (Wildman–Crippen MR) is 78.1 cm³/mol. The van der Waals surface area contributed by atoms with Crippen LogP contribution >= 0.6 is 0 Å². The van der Waals surface area contributed by atoms with Crippen LogP contribution in [0.1, 0.15) is 16.7 Å². The molecule has 0 radical (unpaired) electrons. The summed E-state index contributed by atoms with van der Waals surface area (Å²) < 4.78 is 0. The zero-order valence-electron chi connectivity index (χ0n) is 10.4. The molecule has 0 saturated heterocycles. The van der Waals surface area contributed by atoms with Crippen LogP contribution in [0, 0.1) is 0 Å². The minimum atomic E-state index is -0.0372. The maximum atomic E-state index is 5.22. The van der Waals surface area contributed by atoms with E-state index in [0.29, 0.717) is 0 Å². The van der Waals surface area contributed by atoms with Gasteiger partial charge in [0.25, 0.3) is 0 Å². The number of hydrogen-bond acceptors (Lipinski definition) is 2. The molecular weight excluding hydrogens is 236 g/mol. The monoisotopic (exact) mass is 250 g/mol. The van der Waals surface area contributed by atoms with E-state index in [4.69, 9.17) is 11.5 Å². The summed E-state index contributed by atoms with van der Waals surface area (Å²) in [5.41, 5.74) is 16.7. The molecule has 19 heavy (non-hydrogen) atoms. The fourth-order valence-corrected chi connectivity index (χ4v) is 2.41. The summed E-state index contributed by atoms with van der Waals surface area (Å²) in [4.78, 5) is 0. The summed E-state index contributed by atoms with van der Waals surface area (Å²) in [5, 5.41) is 7.42.